The number of piperazine rings is 1. The number of halogens is 5. The van der Waals surface area contributed by atoms with E-state index in [-0.39, 0.29) is 24.6 Å². The molecule has 1 fully saturated rings. The summed E-state index contributed by atoms with van der Waals surface area (Å²) in [7, 11) is 0. The normalized spacial score (nSPS) is 17.6. The summed E-state index contributed by atoms with van der Waals surface area (Å²) in [6.07, 6.45) is -3.65. The van der Waals surface area contributed by atoms with E-state index in [1.807, 2.05) is 4.90 Å². The fourth-order valence-corrected chi connectivity index (χ4v) is 2.79. The van der Waals surface area contributed by atoms with Crippen LogP contribution in [0.2, 0.25) is 0 Å². The highest BCUT2D eigenvalue weighted by atomic mass is 35.5. The fourth-order valence-electron chi connectivity index (χ4n) is 2.79. The standard InChI is InChI=1S/C15H20F4N2O.ClH/c16-13-4-3-11(15(17,18)19)10-12(13)14(2-1-9-22)21-7-5-20-6-8-21;/h3-4,10,14,20,22H,1-2,5-9H2;1H/t14-;/m0./s1. The molecule has 8 heteroatoms. The number of aliphatic hydroxyl groups excluding tert-OH is 1. The third-order valence-electron chi connectivity index (χ3n) is 3.91. The topological polar surface area (TPSA) is 35.5 Å². The van der Waals surface area contributed by atoms with E-state index in [0.717, 1.165) is 31.3 Å². The Bertz CT molecular complexity index is 493. The van der Waals surface area contributed by atoms with Crippen LogP contribution in [0.5, 0.6) is 0 Å². The van der Waals surface area contributed by atoms with Crippen LogP contribution in [0.4, 0.5) is 17.6 Å². The summed E-state index contributed by atoms with van der Waals surface area (Å²) in [4.78, 5) is 1.98. The summed E-state index contributed by atoms with van der Waals surface area (Å²) >= 11 is 0. The average Bonchev–Trinajstić information content (AvgIpc) is 2.49. The van der Waals surface area contributed by atoms with E-state index in [9.17, 15) is 17.6 Å². The van der Waals surface area contributed by atoms with Crippen LogP contribution in [-0.4, -0.2) is 42.8 Å². The molecule has 0 spiro atoms. The van der Waals surface area contributed by atoms with Crippen molar-refractivity contribution in [2.24, 2.45) is 0 Å². The molecule has 0 saturated carbocycles. The van der Waals surface area contributed by atoms with Crippen molar-refractivity contribution in [3.63, 3.8) is 0 Å². The molecule has 1 atom stereocenters. The summed E-state index contributed by atoms with van der Waals surface area (Å²) < 4.78 is 52.7. The first-order valence-electron chi connectivity index (χ1n) is 7.35. The van der Waals surface area contributed by atoms with E-state index in [0.29, 0.717) is 25.9 Å². The monoisotopic (exact) mass is 356 g/mol. The largest absolute Gasteiger partial charge is 0.416 e. The Morgan fingerprint density at radius 2 is 1.87 bits per heavy atom. The highest BCUT2D eigenvalue weighted by Crippen LogP contribution is 2.34. The second-order valence-corrected chi connectivity index (χ2v) is 5.40. The molecular weight excluding hydrogens is 336 g/mol. The molecule has 1 aromatic rings. The van der Waals surface area contributed by atoms with Gasteiger partial charge in [-0.15, -0.1) is 12.4 Å². The van der Waals surface area contributed by atoms with E-state index < -0.39 is 23.6 Å². The van der Waals surface area contributed by atoms with Gasteiger partial charge < -0.3 is 10.4 Å². The van der Waals surface area contributed by atoms with Crippen LogP contribution < -0.4 is 5.32 Å². The van der Waals surface area contributed by atoms with Crippen molar-refractivity contribution >= 4 is 12.4 Å². The Morgan fingerprint density at radius 3 is 2.43 bits per heavy atom. The van der Waals surface area contributed by atoms with Gasteiger partial charge in [0, 0.05) is 44.4 Å². The van der Waals surface area contributed by atoms with Gasteiger partial charge in [-0.05, 0) is 31.0 Å². The minimum Gasteiger partial charge on any atom is -0.396 e. The first-order chi connectivity index (χ1) is 10.4. The molecule has 0 unspecified atom stereocenters. The third kappa shape index (κ3) is 5.31. The first kappa shape index (κ1) is 20.2. The lowest BCUT2D eigenvalue weighted by molar-refractivity contribution is -0.137. The molecule has 132 valence electrons. The summed E-state index contributed by atoms with van der Waals surface area (Å²) in [6, 6.07) is 2.10. The Kier molecular flexibility index (Phi) is 7.73. The van der Waals surface area contributed by atoms with Crippen molar-refractivity contribution in [3.05, 3.63) is 35.1 Å². The van der Waals surface area contributed by atoms with Gasteiger partial charge in [-0.2, -0.15) is 13.2 Å². The lowest BCUT2D eigenvalue weighted by atomic mass is 9.97. The van der Waals surface area contributed by atoms with Gasteiger partial charge in [0.1, 0.15) is 5.82 Å². The van der Waals surface area contributed by atoms with Gasteiger partial charge >= 0.3 is 6.18 Å². The Balaban J connectivity index is 0.00000264. The Morgan fingerprint density at radius 1 is 1.22 bits per heavy atom. The van der Waals surface area contributed by atoms with Gasteiger partial charge in [0.2, 0.25) is 0 Å². The maximum Gasteiger partial charge on any atom is 0.416 e. The molecule has 1 saturated heterocycles. The summed E-state index contributed by atoms with van der Waals surface area (Å²) in [5.41, 5.74) is -0.779. The van der Waals surface area contributed by atoms with Gasteiger partial charge in [-0.25, -0.2) is 4.39 Å². The molecule has 0 amide bonds. The number of alkyl halides is 3. The average molecular weight is 357 g/mol. The number of hydrogen-bond donors (Lipinski definition) is 2. The molecule has 1 aromatic carbocycles. The van der Waals surface area contributed by atoms with Crippen molar-refractivity contribution in [3.8, 4) is 0 Å². The number of nitrogens with zero attached hydrogens (tertiary/aromatic N) is 1. The van der Waals surface area contributed by atoms with Crippen LogP contribution in [0, 0.1) is 5.82 Å². The third-order valence-corrected chi connectivity index (χ3v) is 3.91. The molecular formula is C15H21ClF4N2O. The highest BCUT2D eigenvalue weighted by Gasteiger charge is 2.33. The lowest BCUT2D eigenvalue weighted by Gasteiger charge is -2.35. The van der Waals surface area contributed by atoms with E-state index in [1.54, 1.807) is 0 Å². The van der Waals surface area contributed by atoms with E-state index in [1.165, 1.54) is 0 Å². The molecule has 2 rings (SSSR count). The van der Waals surface area contributed by atoms with Crippen molar-refractivity contribution in [1.82, 2.24) is 10.2 Å². The molecule has 3 nitrogen and oxygen atoms in total. The summed E-state index contributed by atoms with van der Waals surface area (Å²) in [6.45, 7) is 2.66. The smallest absolute Gasteiger partial charge is 0.396 e. The van der Waals surface area contributed by atoms with Crippen molar-refractivity contribution in [2.45, 2.75) is 25.1 Å². The van der Waals surface area contributed by atoms with Crippen LogP contribution in [0.25, 0.3) is 0 Å². The van der Waals surface area contributed by atoms with E-state index in [4.69, 9.17) is 5.11 Å². The molecule has 1 heterocycles. The molecule has 0 aliphatic carbocycles. The predicted octanol–water partition coefficient (Wildman–Crippen LogP) is 2.99. The van der Waals surface area contributed by atoms with Crippen molar-refractivity contribution < 1.29 is 22.7 Å². The van der Waals surface area contributed by atoms with Crippen molar-refractivity contribution in [1.29, 1.82) is 0 Å². The summed E-state index contributed by atoms with van der Waals surface area (Å²) in [5.74, 6) is -0.630. The van der Waals surface area contributed by atoms with Crippen LogP contribution in [0.1, 0.15) is 30.0 Å². The van der Waals surface area contributed by atoms with Gasteiger partial charge in [-0.1, -0.05) is 0 Å². The zero-order valence-electron chi connectivity index (χ0n) is 12.6. The molecule has 23 heavy (non-hydrogen) atoms. The minimum atomic E-state index is -4.49. The molecule has 0 aromatic heterocycles. The molecule has 1 aliphatic heterocycles. The zero-order chi connectivity index (χ0) is 16.2. The minimum absolute atomic E-state index is 0. The SMILES string of the molecule is Cl.OCCC[C@@H](c1cc(C(F)(F)F)ccc1F)N1CCNCC1. The van der Waals surface area contributed by atoms with Gasteiger partial charge in [0.05, 0.1) is 5.56 Å². The van der Waals surface area contributed by atoms with Crippen molar-refractivity contribution in [2.75, 3.05) is 32.8 Å². The lowest BCUT2D eigenvalue weighted by Crippen LogP contribution is -2.45. The number of nitrogens with one attached hydrogen (secondary N) is 1. The quantitative estimate of drug-likeness (QED) is 0.796. The zero-order valence-corrected chi connectivity index (χ0v) is 13.4. The Labute approximate surface area is 139 Å². The molecule has 1 aliphatic rings. The molecule has 0 bridgehead atoms. The van der Waals surface area contributed by atoms with E-state index >= 15 is 0 Å². The van der Waals surface area contributed by atoms with Crippen LogP contribution >= 0.6 is 12.4 Å². The second kappa shape index (κ2) is 8.82. The van der Waals surface area contributed by atoms with Crippen LogP contribution in [0.3, 0.4) is 0 Å². The fraction of sp³-hybridized carbons (Fsp3) is 0.600. The highest BCUT2D eigenvalue weighted by molar-refractivity contribution is 5.85. The molecule has 0 radical (unpaired) electrons. The van der Waals surface area contributed by atoms with Crippen LogP contribution in [0.15, 0.2) is 18.2 Å². The number of aliphatic hydroxyl groups is 1. The van der Waals surface area contributed by atoms with E-state index in [2.05, 4.69) is 5.32 Å². The number of rotatable bonds is 5. The predicted molar refractivity (Wildman–Crippen MR) is 82.2 cm³/mol. The van der Waals surface area contributed by atoms with Gasteiger partial charge in [-0.3, -0.25) is 4.90 Å². The maximum absolute atomic E-state index is 14.1. The molecule has 2 N–H and O–H groups in total. The number of benzene rings is 1. The first-order valence-corrected chi connectivity index (χ1v) is 7.35. The van der Waals surface area contributed by atoms with Gasteiger partial charge in [0.15, 0.2) is 0 Å². The Hall–Kier alpha value is -0.890. The van der Waals surface area contributed by atoms with Crippen LogP contribution in [-0.2, 0) is 6.18 Å². The summed E-state index contributed by atoms with van der Waals surface area (Å²) in [5, 5.41) is 12.2. The number of hydrogen-bond acceptors (Lipinski definition) is 3. The van der Waals surface area contributed by atoms with Gasteiger partial charge in [0.25, 0.3) is 0 Å². The second-order valence-electron chi connectivity index (χ2n) is 5.40. The maximum atomic E-state index is 14.1.